The lowest BCUT2D eigenvalue weighted by Crippen LogP contribution is -2.18. The average molecular weight is 254 g/mol. The normalized spacial score (nSPS) is 20.1. The fourth-order valence-corrected chi connectivity index (χ4v) is 2.40. The maximum Gasteiger partial charge on any atom is 0.161 e. The van der Waals surface area contributed by atoms with Crippen molar-refractivity contribution in [3.63, 3.8) is 0 Å². The minimum atomic E-state index is 0.675. The van der Waals surface area contributed by atoms with Crippen LogP contribution in [0.4, 0.5) is 5.69 Å². The number of rotatable bonds is 4. The average Bonchev–Trinajstić information content (AvgIpc) is 2.77. The number of aromatic nitrogens is 2. The summed E-state index contributed by atoms with van der Waals surface area (Å²) in [5.74, 6) is 1.80. The van der Waals surface area contributed by atoms with Crippen LogP contribution >= 0.6 is 11.8 Å². The molecule has 6 heteroatoms. The van der Waals surface area contributed by atoms with Gasteiger partial charge >= 0.3 is 0 Å². The molecular formula is C11H18N4OS. The van der Waals surface area contributed by atoms with E-state index in [0.29, 0.717) is 12.5 Å². The molecule has 0 fully saturated rings. The summed E-state index contributed by atoms with van der Waals surface area (Å²) >= 11 is 1.77. The fraction of sp³-hybridized carbons (Fsp3) is 0.636. The highest BCUT2D eigenvalue weighted by molar-refractivity contribution is 8.14. The van der Waals surface area contributed by atoms with Crippen molar-refractivity contribution in [1.29, 1.82) is 0 Å². The summed E-state index contributed by atoms with van der Waals surface area (Å²) in [7, 11) is 1.69. The molecule has 0 spiro atoms. The minimum Gasteiger partial charge on any atom is -0.383 e. The van der Waals surface area contributed by atoms with Crippen molar-refractivity contribution in [3.8, 4) is 0 Å². The van der Waals surface area contributed by atoms with Gasteiger partial charge in [0.05, 0.1) is 25.0 Å². The lowest BCUT2D eigenvalue weighted by Gasteiger charge is -2.16. The summed E-state index contributed by atoms with van der Waals surface area (Å²) < 4.78 is 6.87. The molecule has 1 aliphatic rings. The van der Waals surface area contributed by atoms with Gasteiger partial charge < -0.3 is 10.1 Å². The van der Waals surface area contributed by atoms with Gasteiger partial charge in [-0.2, -0.15) is 5.10 Å². The van der Waals surface area contributed by atoms with Gasteiger partial charge in [-0.25, -0.2) is 0 Å². The number of amidine groups is 1. The van der Waals surface area contributed by atoms with Crippen molar-refractivity contribution in [2.75, 3.05) is 31.3 Å². The first kappa shape index (κ1) is 12.4. The van der Waals surface area contributed by atoms with Crippen molar-refractivity contribution >= 4 is 22.6 Å². The van der Waals surface area contributed by atoms with E-state index in [1.807, 2.05) is 17.1 Å². The van der Waals surface area contributed by atoms with E-state index in [0.717, 1.165) is 29.7 Å². The van der Waals surface area contributed by atoms with Gasteiger partial charge in [-0.1, -0.05) is 18.7 Å². The number of methoxy groups -OCH3 is 1. The van der Waals surface area contributed by atoms with Gasteiger partial charge in [0.15, 0.2) is 5.17 Å². The Bertz CT molecular complexity index is 391. The number of nitrogens with zero attached hydrogens (tertiary/aromatic N) is 3. The standard InChI is InChI=1S/C11H18N4OS/c1-9-5-12-11(17-8-9)14-10-6-13-15(7-10)3-4-16-2/h6-7,9H,3-5,8H2,1-2H3,(H,12,14). The molecule has 1 aromatic rings. The van der Waals surface area contributed by atoms with Crippen LogP contribution in [-0.2, 0) is 11.3 Å². The molecule has 1 aliphatic heterocycles. The van der Waals surface area contributed by atoms with Gasteiger partial charge in [-0.3, -0.25) is 9.67 Å². The second-order valence-electron chi connectivity index (χ2n) is 4.17. The summed E-state index contributed by atoms with van der Waals surface area (Å²) in [5, 5.41) is 8.53. The van der Waals surface area contributed by atoms with Gasteiger partial charge in [0, 0.05) is 25.6 Å². The summed E-state index contributed by atoms with van der Waals surface area (Å²) in [6.07, 6.45) is 3.79. The second-order valence-corrected chi connectivity index (χ2v) is 5.18. The van der Waals surface area contributed by atoms with Crippen LogP contribution < -0.4 is 5.32 Å². The lowest BCUT2D eigenvalue weighted by atomic mass is 10.2. The van der Waals surface area contributed by atoms with Crippen molar-refractivity contribution in [3.05, 3.63) is 12.4 Å². The molecule has 0 bridgehead atoms. The zero-order chi connectivity index (χ0) is 12.1. The Morgan fingerprint density at radius 2 is 2.53 bits per heavy atom. The molecule has 0 aromatic carbocycles. The van der Waals surface area contributed by atoms with E-state index in [9.17, 15) is 0 Å². The third-order valence-corrected chi connectivity index (χ3v) is 3.70. The topological polar surface area (TPSA) is 51.4 Å². The fourth-order valence-electron chi connectivity index (χ4n) is 1.49. The smallest absolute Gasteiger partial charge is 0.161 e. The molecule has 17 heavy (non-hydrogen) atoms. The van der Waals surface area contributed by atoms with E-state index < -0.39 is 0 Å². The Morgan fingerprint density at radius 1 is 1.65 bits per heavy atom. The Hall–Kier alpha value is -1.01. The van der Waals surface area contributed by atoms with Crippen molar-refractivity contribution in [1.82, 2.24) is 9.78 Å². The number of aliphatic imine (C=N–C) groups is 1. The van der Waals surface area contributed by atoms with Crippen LogP contribution in [0.5, 0.6) is 0 Å². The highest BCUT2D eigenvalue weighted by Gasteiger charge is 2.12. The Labute approximate surface area is 106 Å². The molecular weight excluding hydrogens is 236 g/mol. The molecule has 0 saturated carbocycles. The van der Waals surface area contributed by atoms with E-state index in [2.05, 4.69) is 22.3 Å². The van der Waals surface area contributed by atoms with Crippen LogP contribution in [0.2, 0.25) is 0 Å². The SMILES string of the molecule is COCCn1cc(NC2=NCC(C)CS2)cn1. The molecule has 2 heterocycles. The lowest BCUT2D eigenvalue weighted by molar-refractivity contribution is 0.183. The van der Waals surface area contributed by atoms with Gasteiger partial charge in [0.25, 0.3) is 0 Å². The summed E-state index contributed by atoms with van der Waals surface area (Å²) in [5.41, 5.74) is 0.988. The molecule has 5 nitrogen and oxygen atoms in total. The number of ether oxygens (including phenoxy) is 1. The van der Waals surface area contributed by atoms with E-state index in [1.54, 1.807) is 18.9 Å². The van der Waals surface area contributed by atoms with Gasteiger partial charge in [-0.05, 0) is 5.92 Å². The van der Waals surface area contributed by atoms with E-state index in [1.165, 1.54) is 0 Å². The monoisotopic (exact) mass is 254 g/mol. The first-order valence-electron chi connectivity index (χ1n) is 5.73. The molecule has 1 aromatic heterocycles. The zero-order valence-corrected chi connectivity index (χ0v) is 11.0. The highest BCUT2D eigenvalue weighted by Crippen LogP contribution is 2.18. The third kappa shape index (κ3) is 3.74. The number of thioether (sulfide) groups is 1. The predicted octanol–water partition coefficient (Wildman–Crippen LogP) is 1.68. The van der Waals surface area contributed by atoms with Crippen LogP contribution in [0.1, 0.15) is 6.92 Å². The first-order chi connectivity index (χ1) is 8.28. The number of hydrogen-bond acceptors (Lipinski definition) is 5. The van der Waals surface area contributed by atoms with E-state index >= 15 is 0 Å². The molecule has 0 radical (unpaired) electrons. The molecule has 1 atom stereocenters. The minimum absolute atomic E-state index is 0.675. The zero-order valence-electron chi connectivity index (χ0n) is 10.2. The summed E-state index contributed by atoms with van der Waals surface area (Å²) in [6.45, 7) is 4.58. The van der Waals surface area contributed by atoms with Gasteiger partial charge in [0.2, 0.25) is 0 Å². The van der Waals surface area contributed by atoms with Crippen LogP contribution in [0, 0.1) is 5.92 Å². The van der Waals surface area contributed by atoms with Crippen LogP contribution in [-0.4, -0.2) is 41.0 Å². The van der Waals surface area contributed by atoms with Crippen molar-refractivity contribution in [2.45, 2.75) is 13.5 Å². The predicted molar refractivity (Wildman–Crippen MR) is 71.6 cm³/mol. The van der Waals surface area contributed by atoms with Gasteiger partial charge in [-0.15, -0.1) is 0 Å². The van der Waals surface area contributed by atoms with Crippen LogP contribution in [0.3, 0.4) is 0 Å². The summed E-state index contributed by atoms with van der Waals surface area (Å²) in [6, 6.07) is 0. The number of hydrogen-bond donors (Lipinski definition) is 1. The maximum atomic E-state index is 5.01. The molecule has 0 amide bonds. The number of anilines is 1. The summed E-state index contributed by atoms with van der Waals surface area (Å²) in [4.78, 5) is 4.48. The molecule has 0 saturated heterocycles. The van der Waals surface area contributed by atoms with Gasteiger partial charge in [0.1, 0.15) is 0 Å². The first-order valence-corrected chi connectivity index (χ1v) is 6.72. The number of nitrogens with one attached hydrogen (secondary N) is 1. The molecule has 2 rings (SSSR count). The van der Waals surface area contributed by atoms with E-state index in [-0.39, 0.29) is 0 Å². The Morgan fingerprint density at radius 3 is 3.24 bits per heavy atom. The largest absolute Gasteiger partial charge is 0.383 e. The second kappa shape index (κ2) is 6.07. The van der Waals surface area contributed by atoms with E-state index in [4.69, 9.17) is 4.74 Å². The van der Waals surface area contributed by atoms with Crippen LogP contribution in [0.15, 0.2) is 17.4 Å². The maximum absolute atomic E-state index is 5.01. The molecule has 1 unspecified atom stereocenters. The van der Waals surface area contributed by atoms with Crippen molar-refractivity contribution < 1.29 is 4.74 Å². The quantitative estimate of drug-likeness (QED) is 0.888. The Kier molecular flexibility index (Phi) is 4.44. The third-order valence-electron chi connectivity index (χ3n) is 2.46. The van der Waals surface area contributed by atoms with Crippen molar-refractivity contribution in [2.24, 2.45) is 10.9 Å². The highest BCUT2D eigenvalue weighted by atomic mass is 32.2. The molecule has 0 aliphatic carbocycles. The molecule has 94 valence electrons. The Balaban J connectivity index is 1.88. The van der Waals surface area contributed by atoms with Crippen LogP contribution in [0.25, 0.3) is 0 Å². The molecule has 1 N–H and O–H groups in total.